The molecule has 0 radical (unpaired) electrons. The lowest BCUT2D eigenvalue weighted by Gasteiger charge is -2.08. The number of fused-ring (bicyclic) bond motifs is 1. The van der Waals surface area contributed by atoms with Crippen LogP contribution in [0.5, 0.6) is 5.75 Å². The van der Waals surface area contributed by atoms with Crippen molar-refractivity contribution in [2.24, 2.45) is 5.92 Å². The van der Waals surface area contributed by atoms with E-state index in [4.69, 9.17) is 15.2 Å². The number of thiophene rings is 1. The van der Waals surface area contributed by atoms with Crippen molar-refractivity contribution in [1.82, 2.24) is 5.32 Å². The molecule has 1 atom stereocenters. The predicted molar refractivity (Wildman–Crippen MR) is 84.0 cm³/mol. The summed E-state index contributed by atoms with van der Waals surface area (Å²) < 4.78 is 11.5. The third kappa shape index (κ3) is 2.82. The van der Waals surface area contributed by atoms with E-state index in [1.807, 2.05) is 18.2 Å². The first-order valence-corrected chi connectivity index (χ1v) is 7.72. The number of rotatable bonds is 4. The van der Waals surface area contributed by atoms with E-state index in [0.717, 1.165) is 35.5 Å². The monoisotopic (exact) mass is 306 g/mol. The molecule has 0 spiro atoms. The summed E-state index contributed by atoms with van der Waals surface area (Å²) in [6.45, 7) is 2.14. The second-order valence-corrected chi connectivity index (χ2v) is 6.20. The van der Waals surface area contributed by atoms with Crippen LogP contribution in [-0.2, 0) is 4.74 Å². The van der Waals surface area contributed by atoms with Crippen LogP contribution in [0.15, 0.2) is 18.2 Å². The number of nitrogens with one attached hydrogen (secondary N) is 1. The van der Waals surface area contributed by atoms with Gasteiger partial charge in [0.25, 0.3) is 5.91 Å². The zero-order valence-corrected chi connectivity index (χ0v) is 12.7. The normalized spacial score (nSPS) is 18.0. The number of anilines is 1. The number of methoxy groups -OCH3 is 1. The molecule has 1 amide bonds. The second kappa shape index (κ2) is 5.91. The summed E-state index contributed by atoms with van der Waals surface area (Å²) in [7, 11) is 1.62. The lowest BCUT2D eigenvalue weighted by Crippen LogP contribution is -2.29. The molecule has 1 unspecified atom stereocenters. The third-order valence-corrected chi connectivity index (χ3v) is 4.88. The van der Waals surface area contributed by atoms with E-state index < -0.39 is 0 Å². The van der Waals surface area contributed by atoms with Gasteiger partial charge in [0, 0.05) is 29.2 Å². The van der Waals surface area contributed by atoms with Crippen LogP contribution in [0.4, 0.5) is 5.69 Å². The highest BCUT2D eigenvalue weighted by Gasteiger charge is 2.20. The van der Waals surface area contributed by atoms with Gasteiger partial charge in [-0.05, 0) is 24.6 Å². The Kier molecular flexibility index (Phi) is 3.98. The summed E-state index contributed by atoms with van der Waals surface area (Å²) in [5.41, 5.74) is 6.64. The van der Waals surface area contributed by atoms with E-state index in [9.17, 15) is 4.79 Å². The minimum Gasteiger partial charge on any atom is -0.497 e. The predicted octanol–water partition coefficient (Wildman–Crippen LogP) is 2.26. The van der Waals surface area contributed by atoms with Crippen molar-refractivity contribution in [3.63, 3.8) is 0 Å². The van der Waals surface area contributed by atoms with Crippen molar-refractivity contribution in [3.8, 4) is 5.75 Å². The van der Waals surface area contributed by atoms with Crippen LogP contribution < -0.4 is 15.8 Å². The quantitative estimate of drug-likeness (QED) is 0.908. The fourth-order valence-electron chi connectivity index (χ4n) is 2.45. The van der Waals surface area contributed by atoms with Gasteiger partial charge in [-0.2, -0.15) is 0 Å². The third-order valence-electron chi connectivity index (χ3n) is 3.72. The van der Waals surface area contributed by atoms with Crippen molar-refractivity contribution in [2.45, 2.75) is 6.42 Å². The average Bonchev–Trinajstić information content (AvgIpc) is 3.12. The Hall–Kier alpha value is -1.79. The van der Waals surface area contributed by atoms with Gasteiger partial charge < -0.3 is 20.5 Å². The number of hydrogen-bond donors (Lipinski definition) is 2. The summed E-state index contributed by atoms with van der Waals surface area (Å²) >= 11 is 1.40. The van der Waals surface area contributed by atoms with E-state index in [1.165, 1.54) is 11.3 Å². The van der Waals surface area contributed by atoms with Crippen LogP contribution >= 0.6 is 11.3 Å². The standard InChI is InChI=1S/C15H18N2O3S/c1-19-10-2-3-11-12(6-10)21-14(13(11)16)15(18)17-7-9-4-5-20-8-9/h2-3,6,9H,4-5,7-8,16H2,1H3,(H,17,18). The number of nitrogens with two attached hydrogens (primary N) is 1. The Labute approximate surface area is 127 Å². The molecule has 3 N–H and O–H groups in total. The van der Waals surface area contributed by atoms with Gasteiger partial charge in [-0.25, -0.2) is 0 Å². The van der Waals surface area contributed by atoms with Crippen molar-refractivity contribution in [3.05, 3.63) is 23.1 Å². The van der Waals surface area contributed by atoms with Gasteiger partial charge in [0.2, 0.25) is 0 Å². The molecule has 0 saturated carbocycles. The molecule has 0 bridgehead atoms. The largest absolute Gasteiger partial charge is 0.497 e. The number of hydrogen-bond acceptors (Lipinski definition) is 5. The first-order valence-electron chi connectivity index (χ1n) is 6.91. The van der Waals surface area contributed by atoms with E-state index in [0.29, 0.717) is 23.0 Å². The lowest BCUT2D eigenvalue weighted by atomic mass is 10.1. The Morgan fingerprint density at radius 1 is 1.57 bits per heavy atom. The number of carbonyl (C=O) groups is 1. The van der Waals surface area contributed by atoms with Crippen LogP contribution in [0, 0.1) is 5.92 Å². The first-order chi connectivity index (χ1) is 10.2. The Balaban J connectivity index is 1.78. The van der Waals surface area contributed by atoms with Crippen molar-refractivity contribution >= 4 is 33.0 Å². The number of benzene rings is 1. The molecule has 0 aliphatic carbocycles. The number of carbonyl (C=O) groups excluding carboxylic acids is 1. The number of amides is 1. The van der Waals surface area contributed by atoms with E-state index in [2.05, 4.69) is 5.32 Å². The molecule has 6 heteroatoms. The Morgan fingerprint density at radius 2 is 2.43 bits per heavy atom. The maximum atomic E-state index is 12.3. The van der Waals surface area contributed by atoms with Gasteiger partial charge in [-0.15, -0.1) is 11.3 Å². The minimum atomic E-state index is -0.112. The van der Waals surface area contributed by atoms with Gasteiger partial charge in [0.1, 0.15) is 10.6 Å². The molecule has 3 rings (SSSR count). The highest BCUT2D eigenvalue weighted by Crippen LogP contribution is 2.35. The van der Waals surface area contributed by atoms with Crippen molar-refractivity contribution in [1.29, 1.82) is 0 Å². The first kappa shape index (κ1) is 14.2. The van der Waals surface area contributed by atoms with Crippen LogP contribution in [-0.4, -0.2) is 32.8 Å². The zero-order chi connectivity index (χ0) is 14.8. The highest BCUT2D eigenvalue weighted by molar-refractivity contribution is 7.21. The van der Waals surface area contributed by atoms with Crippen LogP contribution in [0.3, 0.4) is 0 Å². The van der Waals surface area contributed by atoms with Gasteiger partial charge >= 0.3 is 0 Å². The minimum absolute atomic E-state index is 0.112. The molecule has 1 saturated heterocycles. The second-order valence-electron chi connectivity index (χ2n) is 5.15. The van der Waals surface area contributed by atoms with Crippen LogP contribution in [0.2, 0.25) is 0 Å². The molecular weight excluding hydrogens is 288 g/mol. The molecule has 5 nitrogen and oxygen atoms in total. The fourth-order valence-corrected chi connectivity index (χ4v) is 3.52. The van der Waals surface area contributed by atoms with Gasteiger partial charge in [0.05, 0.1) is 19.4 Å². The Morgan fingerprint density at radius 3 is 3.14 bits per heavy atom. The topological polar surface area (TPSA) is 73.6 Å². The molecule has 2 heterocycles. The maximum Gasteiger partial charge on any atom is 0.263 e. The summed E-state index contributed by atoms with van der Waals surface area (Å²) in [5.74, 6) is 1.06. The van der Waals surface area contributed by atoms with E-state index in [1.54, 1.807) is 7.11 Å². The number of ether oxygens (including phenoxy) is 2. The van der Waals surface area contributed by atoms with Crippen molar-refractivity contribution < 1.29 is 14.3 Å². The van der Waals surface area contributed by atoms with E-state index in [-0.39, 0.29) is 5.91 Å². The highest BCUT2D eigenvalue weighted by atomic mass is 32.1. The zero-order valence-electron chi connectivity index (χ0n) is 11.8. The summed E-state index contributed by atoms with van der Waals surface area (Å²) in [4.78, 5) is 12.9. The molecular formula is C15H18N2O3S. The molecule has 1 aromatic heterocycles. The van der Waals surface area contributed by atoms with Crippen molar-refractivity contribution in [2.75, 3.05) is 32.6 Å². The lowest BCUT2D eigenvalue weighted by molar-refractivity contribution is 0.0950. The smallest absolute Gasteiger partial charge is 0.263 e. The van der Waals surface area contributed by atoms with Gasteiger partial charge in [-0.1, -0.05) is 0 Å². The van der Waals surface area contributed by atoms with Gasteiger partial charge in [-0.3, -0.25) is 4.79 Å². The van der Waals surface area contributed by atoms with Crippen LogP contribution in [0.1, 0.15) is 16.1 Å². The molecule has 112 valence electrons. The summed E-state index contributed by atoms with van der Waals surface area (Å²) in [5, 5.41) is 3.85. The average molecular weight is 306 g/mol. The molecule has 2 aromatic rings. The molecule has 21 heavy (non-hydrogen) atoms. The molecule has 1 aliphatic rings. The fraction of sp³-hybridized carbons (Fsp3) is 0.400. The van der Waals surface area contributed by atoms with Crippen LogP contribution in [0.25, 0.3) is 10.1 Å². The SMILES string of the molecule is COc1ccc2c(N)c(C(=O)NCC3CCOC3)sc2c1. The number of nitrogen functional groups attached to an aromatic ring is 1. The molecule has 1 fully saturated rings. The summed E-state index contributed by atoms with van der Waals surface area (Å²) in [6, 6.07) is 5.64. The van der Waals surface area contributed by atoms with E-state index >= 15 is 0 Å². The molecule has 1 aliphatic heterocycles. The maximum absolute atomic E-state index is 12.3. The summed E-state index contributed by atoms with van der Waals surface area (Å²) in [6.07, 6.45) is 0.999. The molecule has 1 aromatic carbocycles. The Bertz CT molecular complexity index is 662. The van der Waals surface area contributed by atoms with Gasteiger partial charge in [0.15, 0.2) is 0 Å².